The zero-order valence-electron chi connectivity index (χ0n) is 26.1. The van der Waals surface area contributed by atoms with Gasteiger partial charge in [-0.15, -0.1) is 71.8 Å². The van der Waals surface area contributed by atoms with E-state index in [1.54, 1.807) is 0 Å². The Morgan fingerprint density at radius 3 is 2.08 bits per heavy atom. The van der Waals surface area contributed by atoms with E-state index in [0.29, 0.717) is 23.2 Å². The molecular weight excluding hydrogens is 784 g/mol. The minimum absolute atomic E-state index is 0. The second kappa shape index (κ2) is 13.1. The quantitative estimate of drug-likeness (QED) is 0.127. The van der Waals surface area contributed by atoms with Gasteiger partial charge >= 0.3 is 21.1 Å². The molecule has 5 aromatic carbocycles. The Labute approximate surface area is 299 Å². The summed E-state index contributed by atoms with van der Waals surface area (Å²) < 4.78 is 15.8. The fraction of sp³-hybridized carbons (Fsp3) is 0. The normalized spacial score (nSPS) is 11.6. The number of nitrogens with zero attached hydrogens (tertiary/aromatic N) is 3. The Bertz CT molecular complexity index is 2400. The van der Waals surface area contributed by atoms with Crippen molar-refractivity contribution in [2.24, 2.45) is 0 Å². The largest absolute Gasteiger partial charge is 2.00 e. The Balaban J connectivity index is 0.00000348. The second-order valence-corrected chi connectivity index (χ2v) is 11.6. The number of hydrogen-bond donors (Lipinski definition) is 0. The molecule has 234 valence electrons. The van der Waals surface area contributed by atoms with E-state index in [-0.39, 0.29) is 27.8 Å². The first-order chi connectivity index (χ1) is 23.8. The number of benzene rings is 5. The van der Waals surface area contributed by atoms with Crippen LogP contribution in [0.15, 0.2) is 158 Å². The summed E-state index contributed by atoms with van der Waals surface area (Å²) in [6.07, 6.45) is 0. The van der Waals surface area contributed by atoms with Gasteiger partial charge < -0.3 is 9.47 Å². The van der Waals surface area contributed by atoms with Gasteiger partial charge in [-0.2, -0.15) is 0 Å². The second-order valence-electron chi connectivity index (χ2n) is 11.6. The molecule has 9 rings (SSSR count). The van der Waals surface area contributed by atoms with Gasteiger partial charge in [0.05, 0.1) is 5.52 Å². The van der Waals surface area contributed by atoms with Crippen LogP contribution in [0, 0.1) is 12.1 Å². The molecule has 5 nitrogen and oxygen atoms in total. The minimum Gasteiger partial charge on any atom is -0.449 e. The Morgan fingerprint density at radius 2 is 1.33 bits per heavy atom. The SMILES string of the molecule is [Pt+2].[c-]1ccccc1-c1cccc(Oc2cc3c(c(-c4[c-]cccc4)n2)Oc2c(c4ccccc4n2-c2ccccc2)B3c2ccccc2)n1. The summed E-state index contributed by atoms with van der Waals surface area (Å²) in [5.74, 6) is 2.30. The minimum atomic E-state index is -0.175. The Kier molecular flexibility index (Phi) is 8.16. The summed E-state index contributed by atoms with van der Waals surface area (Å²) in [5, 5.41) is 1.12. The van der Waals surface area contributed by atoms with E-state index in [2.05, 4.69) is 89.5 Å². The van der Waals surface area contributed by atoms with Gasteiger partial charge in [-0.1, -0.05) is 84.3 Å². The van der Waals surface area contributed by atoms with E-state index in [0.717, 1.165) is 55.7 Å². The van der Waals surface area contributed by atoms with Crippen LogP contribution in [0.5, 0.6) is 23.4 Å². The maximum atomic E-state index is 7.07. The van der Waals surface area contributed by atoms with E-state index in [9.17, 15) is 0 Å². The van der Waals surface area contributed by atoms with E-state index < -0.39 is 0 Å². The van der Waals surface area contributed by atoms with Crippen LogP contribution in [0.2, 0.25) is 0 Å². The van der Waals surface area contributed by atoms with Crippen molar-refractivity contribution in [1.82, 2.24) is 14.5 Å². The van der Waals surface area contributed by atoms with Gasteiger partial charge in [-0.25, -0.2) is 0 Å². The van der Waals surface area contributed by atoms with Gasteiger partial charge in [-0.05, 0) is 46.9 Å². The zero-order chi connectivity index (χ0) is 31.9. The summed E-state index contributed by atoms with van der Waals surface area (Å²) in [4.78, 5) is 9.88. The fourth-order valence-corrected chi connectivity index (χ4v) is 6.61. The van der Waals surface area contributed by atoms with Gasteiger partial charge in [-0.3, -0.25) is 14.5 Å². The first kappa shape index (κ1) is 30.6. The number of aromatic nitrogens is 3. The molecule has 3 aromatic heterocycles. The molecule has 0 atom stereocenters. The third kappa shape index (κ3) is 5.54. The van der Waals surface area contributed by atoms with Crippen LogP contribution in [0.25, 0.3) is 39.1 Å². The summed E-state index contributed by atoms with van der Waals surface area (Å²) >= 11 is 0. The number of ether oxygens (including phenoxy) is 2. The number of para-hydroxylation sites is 2. The molecule has 0 spiro atoms. The molecule has 0 saturated heterocycles. The van der Waals surface area contributed by atoms with Crippen LogP contribution < -0.4 is 25.9 Å². The molecule has 1 aliphatic rings. The van der Waals surface area contributed by atoms with Crippen molar-refractivity contribution in [3.8, 4) is 51.6 Å². The van der Waals surface area contributed by atoms with Gasteiger partial charge in [0.15, 0.2) is 5.88 Å². The topological polar surface area (TPSA) is 49.2 Å². The summed E-state index contributed by atoms with van der Waals surface area (Å²) in [6, 6.07) is 59.4. The average molecular weight is 811 g/mol. The van der Waals surface area contributed by atoms with Crippen molar-refractivity contribution in [2.75, 3.05) is 0 Å². The van der Waals surface area contributed by atoms with E-state index in [1.807, 2.05) is 84.9 Å². The molecular formula is C42H26BN3O2Pt. The van der Waals surface area contributed by atoms with E-state index >= 15 is 0 Å². The smallest absolute Gasteiger partial charge is 0.449 e. The molecule has 4 heterocycles. The molecule has 0 unspecified atom stereocenters. The molecule has 0 saturated carbocycles. The summed E-state index contributed by atoms with van der Waals surface area (Å²) in [6.45, 7) is -0.175. The zero-order valence-corrected chi connectivity index (χ0v) is 28.3. The summed E-state index contributed by atoms with van der Waals surface area (Å²) in [5.41, 5.74) is 8.38. The van der Waals surface area contributed by atoms with Crippen molar-refractivity contribution >= 4 is 34.0 Å². The maximum absolute atomic E-state index is 7.07. The van der Waals surface area contributed by atoms with Crippen LogP contribution in [0.4, 0.5) is 0 Å². The first-order valence-corrected chi connectivity index (χ1v) is 15.9. The number of fused-ring (bicyclic) bond motifs is 4. The number of rotatable bonds is 6. The number of hydrogen-bond acceptors (Lipinski definition) is 4. The molecule has 1 aliphatic heterocycles. The average Bonchev–Trinajstić information content (AvgIpc) is 3.49. The van der Waals surface area contributed by atoms with E-state index in [4.69, 9.17) is 19.4 Å². The fourth-order valence-electron chi connectivity index (χ4n) is 6.61. The molecule has 0 amide bonds. The van der Waals surface area contributed by atoms with Crippen molar-refractivity contribution in [1.29, 1.82) is 0 Å². The Hall–Kier alpha value is -5.71. The van der Waals surface area contributed by atoms with Gasteiger partial charge in [0, 0.05) is 16.8 Å². The van der Waals surface area contributed by atoms with Crippen LogP contribution in [-0.4, -0.2) is 21.2 Å². The van der Waals surface area contributed by atoms with Crippen LogP contribution >= 0.6 is 0 Å². The van der Waals surface area contributed by atoms with Crippen molar-refractivity contribution in [3.05, 3.63) is 170 Å². The Morgan fingerprint density at radius 1 is 0.633 bits per heavy atom. The van der Waals surface area contributed by atoms with Gasteiger partial charge in [0.1, 0.15) is 5.75 Å². The number of pyridine rings is 2. The van der Waals surface area contributed by atoms with Crippen LogP contribution in [-0.2, 0) is 21.1 Å². The standard InChI is InChI=1S/C42H26BN3O2.Pt/c1-5-16-29(17-6-1)35-25-15-27-37(44-35)47-38-28-34-41(40(45-38)30-18-7-2-8-19-30)48-42-39(43(34)31-20-9-3-10-21-31)33-24-13-14-26-36(33)46(42)32-22-11-4-12-23-32;/h1-16,18,20-28H;/q-2;+2. The van der Waals surface area contributed by atoms with E-state index in [1.165, 1.54) is 0 Å². The third-order valence-electron chi connectivity index (χ3n) is 8.67. The van der Waals surface area contributed by atoms with Crippen LogP contribution in [0.3, 0.4) is 0 Å². The summed E-state index contributed by atoms with van der Waals surface area (Å²) in [7, 11) is 0. The predicted molar refractivity (Wildman–Crippen MR) is 192 cm³/mol. The predicted octanol–water partition coefficient (Wildman–Crippen LogP) is 7.77. The molecule has 8 aromatic rings. The molecule has 0 radical (unpaired) electrons. The van der Waals surface area contributed by atoms with Crippen molar-refractivity contribution < 1.29 is 30.5 Å². The molecule has 0 N–H and O–H groups in total. The molecule has 0 fully saturated rings. The molecule has 49 heavy (non-hydrogen) atoms. The maximum Gasteiger partial charge on any atom is 2.00 e. The van der Waals surface area contributed by atoms with Crippen LogP contribution in [0.1, 0.15) is 0 Å². The van der Waals surface area contributed by atoms with Crippen molar-refractivity contribution in [3.63, 3.8) is 0 Å². The monoisotopic (exact) mass is 810 g/mol. The molecule has 0 bridgehead atoms. The first-order valence-electron chi connectivity index (χ1n) is 15.9. The molecule has 0 aliphatic carbocycles. The van der Waals surface area contributed by atoms with Gasteiger partial charge in [0.2, 0.25) is 11.8 Å². The molecule has 7 heteroatoms. The third-order valence-corrected chi connectivity index (χ3v) is 8.67. The van der Waals surface area contributed by atoms with Gasteiger partial charge in [0.25, 0.3) is 6.71 Å². The van der Waals surface area contributed by atoms with Crippen molar-refractivity contribution in [2.45, 2.75) is 0 Å².